The second kappa shape index (κ2) is 8.66. The van der Waals surface area contributed by atoms with E-state index in [1.165, 1.54) is 5.56 Å². The molecule has 0 aliphatic rings. The molecule has 0 spiro atoms. The van der Waals surface area contributed by atoms with Gasteiger partial charge in [-0.1, -0.05) is 13.0 Å². The summed E-state index contributed by atoms with van der Waals surface area (Å²) in [5.41, 5.74) is 1.23. The molecule has 0 amide bonds. The fraction of sp³-hybridized carbons (Fsp3) is 0.529. The minimum absolute atomic E-state index is 0.493. The molecule has 0 aromatic carbocycles. The SMILES string of the molecule is CC[C@@H](C)N(Cc1cccnc1)Cc1nccn1CCOC. The van der Waals surface area contributed by atoms with Crippen LogP contribution in [-0.2, 0) is 24.4 Å². The van der Waals surface area contributed by atoms with Crippen LogP contribution in [0.4, 0.5) is 0 Å². The summed E-state index contributed by atoms with van der Waals surface area (Å²) in [6.45, 7) is 7.75. The second-order valence-corrected chi connectivity index (χ2v) is 5.55. The number of pyridine rings is 1. The maximum absolute atomic E-state index is 5.17. The second-order valence-electron chi connectivity index (χ2n) is 5.55. The van der Waals surface area contributed by atoms with E-state index >= 15 is 0 Å². The zero-order valence-corrected chi connectivity index (χ0v) is 13.8. The first-order valence-electron chi connectivity index (χ1n) is 7.86. The van der Waals surface area contributed by atoms with Gasteiger partial charge in [0.15, 0.2) is 0 Å². The van der Waals surface area contributed by atoms with Gasteiger partial charge in [0.1, 0.15) is 5.82 Å². The highest BCUT2D eigenvalue weighted by atomic mass is 16.5. The van der Waals surface area contributed by atoms with E-state index in [4.69, 9.17) is 4.74 Å². The van der Waals surface area contributed by atoms with Crippen molar-refractivity contribution in [1.29, 1.82) is 0 Å². The first-order valence-corrected chi connectivity index (χ1v) is 7.86. The number of methoxy groups -OCH3 is 1. The van der Waals surface area contributed by atoms with Crippen LogP contribution in [0.25, 0.3) is 0 Å². The summed E-state index contributed by atoms with van der Waals surface area (Å²) < 4.78 is 7.34. The predicted octanol–water partition coefficient (Wildman–Crippen LogP) is 2.73. The van der Waals surface area contributed by atoms with Crippen LogP contribution in [0.15, 0.2) is 36.9 Å². The molecule has 0 saturated heterocycles. The first kappa shape index (κ1) is 16.6. The van der Waals surface area contributed by atoms with Gasteiger partial charge in [0.05, 0.1) is 13.2 Å². The summed E-state index contributed by atoms with van der Waals surface area (Å²) in [7, 11) is 1.73. The Kier molecular flexibility index (Phi) is 6.55. The lowest BCUT2D eigenvalue weighted by Crippen LogP contribution is -2.33. The van der Waals surface area contributed by atoms with Crippen LogP contribution in [0.1, 0.15) is 31.7 Å². The molecule has 2 aromatic rings. The molecule has 2 aromatic heterocycles. The van der Waals surface area contributed by atoms with E-state index in [1.807, 2.05) is 30.9 Å². The number of ether oxygens (including phenoxy) is 1. The van der Waals surface area contributed by atoms with E-state index in [2.05, 4.69) is 39.3 Å². The molecule has 2 heterocycles. The molecule has 5 heteroatoms. The third-order valence-corrected chi connectivity index (χ3v) is 4.01. The summed E-state index contributed by atoms with van der Waals surface area (Å²) in [6, 6.07) is 4.61. The fourth-order valence-corrected chi connectivity index (χ4v) is 2.42. The van der Waals surface area contributed by atoms with E-state index in [0.29, 0.717) is 12.6 Å². The third-order valence-electron chi connectivity index (χ3n) is 4.01. The molecule has 0 aliphatic carbocycles. The molecule has 0 N–H and O–H groups in total. The molecular weight excluding hydrogens is 276 g/mol. The lowest BCUT2D eigenvalue weighted by Gasteiger charge is -2.28. The quantitative estimate of drug-likeness (QED) is 0.714. The normalized spacial score (nSPS) is 12.7. The van der Waals surface area contributed by atoms with Crippen molar-refractivity contribution in [2.45, 2.75) is 45.9 Å². The van der Waals surface area contributed by atoms with Crippen LogP contribution in [0, 0.1) is 0 Å². The number of nitrogens with zero attached hydrogens (tertiary/aromatic N) is 4. The van der Waals surface area contributed by atoms with Gasteiger partial charge < -0.3 is 9.30 Å². The van der Waals surface area contributed by atoms with E-state index in [1.54, 1.807) is 7.11 Å². The lowest BCUT2D eigenvalue weighted by molar-refractivity contribution is 0.168. The number of hydrogen-bond donors (Lipinski definition) is 0. The highest BCUT2D eigenvalue weighted by Gasteiger charge is 2.16. The zero-order chi connectivity index (χ0) is 15.8. The molecule has 5 nitrogen and oxygen atoms in total. The third kappa shape index (κ3) is 4.64. The minimum atomic E-state index is 0.493. The molecule has 22 heavy (non-hydrogen) atoms. The smallest absolute Gasteiger partial charge is 0.122 e. The van der Waals surface area contributed by atoms with Crippen molar-refractivity contribution in [3.63, 3.8) is 0 Å². The standard InChI is InChI=1S/C17H26N4O/c1-4-15(2)21(13-16-6-5-7-18-12-16)14-17-19-8-9-20(17)10-11-22-3/h5-9,12,15H,4,10-11,13-14H2,1-3H3/t15-/m1/s1. The van der Waals surface area contributed by atoms with Crippen molar-refractivity contribution in [2.75, 3.05) is 13.7 Å². The Morgan fingerprint density at radius 2 is 2.18 bits per heavy atom. The van der Waals surface area contributed by atoms with Gasteiger partial charge in [0.25, 0.3) is 0 Å². The molecule has 0 unspecified atom stereocenters. The average molecular weight is 302 g/mol. The van der Waals surface area contributed by atoms with E-state index in [0.717, 1.165) is 31.9 Å². The van der Waals surface area contributed by atoms with E-state index in [-0.39, 0.29) is 0 Å². The Balaban J connectivity index is 2.08. The van der Waals surface area contributed by atoms with Crippen LogP contribution in [-0.4, -0.2) is 39.2 Å². The van der Waals surface area contributed by atoms with Gasteiger partial charge in [0.2, 0.25) is 0 Å². The Morgan fingerprint density at radius 3 is 2.86 bits per heavy atom. The first-order chi connectivity index (χ1) is 10.7. The number of hydrogen-bond acceptors (Lipinski definition) is 4. The minimum Gasteiger partial charge on any atom is -0.383 e. The van der Waals surface area contributed by atoms with Gasteiger partial charge in [-0.3, -0.25) is 9.88 Å². The van der Waals surface area contributed by atoms with Gasteiger partial charge in [-0.15, -0.1) is 0 Å². The predicted molar refractivity (Wildman–Crippen MR) is 87.3 cm³/mol. The van der Waals surface area contributed by atoms with Crippen LogP contribution >= 0.6 is 0 Å². The molecule has 120 valence electrons. The van der Waals surface area contributed by atoms with Crippen LogP contribution in [0.2, 0.25) is 0 Å². The van der Waals surface area contributed by atoms with Crippen LogP contribution < -0.4 is 0 Å². The van der Waals surface area contributed by atoms with Crippen molar-refractivity contribution in [3.8, 4) is 0 Å². The van der Waals surface area contributed by atoms with Crippen molar-refractivity contribution in [2.24, 2.45) is 0 Å². The topological polar surface area (TPSA) is 43.2 Å². The van der Waals surface area contributed by atoms with Gasteiger partial charge in [-0.05, 0) is 25.0 Å². The summed E-state index contributed by atoms with van der Waals surface area (Å²) in [4.78, 5) is 11.2. The maximum Gasteiger partial charge on any atom is 0.122 e. The lowest BCUT2D eigenvalue weighted by atomic mass is 10.2. The summed E-state index contributed by atoms with van der Waals surface area (Å²) >= 11 is 0. The Bertz CT molecular complexity index is 541. The van der Waals surface area contributed by atoms with Crippen LogP contribution in [0.3, 0.4) is 0 Å². The van der Waals surface area contributed by atoms with Crippen molar-refractivity contribution >= 4 is 0 Å². The Labute approximate surface area is 133 Å². The molecule has 0 bridgehead atoms. The fourth-order valence-electron chi connectivity index (χ4n) is 2.42. The summed E-state index contributed by atoms with van der Waals surface area (Å²) in [5, 5.41) is 0. The molecule has 0 saturated carbocycles. The number of aromatic nitrogens is 3. The summed E-state index contributed by atoms with van der Waals surface area (Å²) in [5.74, 6) is 1.08. The van der Waals surface area contributed by atoms with E-state index < -0.39 is 0 Å². The number of imidazole rings is 1. The van der Waals surface area contributed by atoms with Crippen LogP contribution in [0.5, 0.6) is 0 Å². The highest BCUT2D eigenvalue weighted by Crippen LogP contribution is 2.14. The van der Waals surface area contributed by atoms with E-state index in [9.17, 15) is 0 Å². The molecule has 0 fully saturated rings. The highest BCUT2D eigenvalue weighted by molar-refractivity contribution is 5.08. The van der Waals surface area contributed by atoms with Crippen molar-refractivity contribution in [1.82, 2.24) is 19.4 Å². The molecule has 0 radical (unpaired) electrons. The van der Waals surface area contributed by atoms with Gasteiger partial charge in [-0.2, -0.15) is 0 Å². The average Bonchev–Trinajstić information content (AvgIpc) is 2.99. The van der Waals surface area contributed by atoms with Gasteiger partial charge in [-0.25, -0.2) is 4.98 Å². The van der Waals surface area contributed by atoms with Crippen molar-refractivity contribution in [3.05, 3.63) is 48.3 Å². The maximum atomic E-state index is 5.17. The largest absolute Gasteiger partial charge is 0.383 e. The molecule has 0 aliphatic heterocycles. The summed E-state index contributed by atoms with van der Waals surface area (Å²) in [6.07, 6.45) is 8.75. The zero-order valence-electron chi connectivity index (χ0n) is 13.8. The number of rotatable bonds is 9. The van der Waals surface area contributed by atoms with Gasteiger partial charge >= 0.3 is 0 Å². The Hall–Kier alpha value is -1.72. The molecule has 2 rings (SSSR count). The van der Waals surface area contributed by atoms with Gasteiger partial charge in [0, 0.05) is 51.0 Å². The molecular formula is C17H26N4O. The van der Waals surface area contributed by atoms with Crippen molar-refractivity contribution < 1.29 is 4.74 Å². The Morgan fingerprint density at radius 1 is 1.32 bits per heavy atom. The monoisotopic (exact) mass is 302 g/mol. The molecule has 1 atom stereocenters.